The largest absolute Gasteiger partial charge is 0.482 e. The standard InChI is InChI=1S/C16H18BrClN2O5/c17-9-5-6-13(12(18)7-9)25-8-14(21)19-20-15(22)10-3-1-2-4-11(10)16(23)24/h5-7,10-11H,1-4,8H2,(H,19,21)(H,20,22)(H,23,24)/t10-,11+/m1/s1. The first-order chi connectivity index (χ1) is 11.9. The summed E-state index contributed by atoms with van der Waals surface area (Å²) < 4.78 is 6.06. The summed E-state index contributed by atoms with van der Waals surface area (Å²) in [6, 6.07) is 4.96. The summed E-state index contributed by atoms with van der Waals surface area (Å²) in [4.78, 5) is 35.1. The van der Waals surface area contributed by atoms with Crippen LogP contribution in [0.15, 0.2) is 22.7 Å². The third kappa shape index (κ3) is 5.61. The van der Waals surface area contributed by atoms with Gasteiger partial charge in [0.2, 0.25) is 5.91 Å². The van der Waals surface area contributed by atoms with Crippen molar-refractivity contribution in [3.8, 4) is 5.75 Å². The van der Waals surface area contributed by atoms with Crippen molar-refractivity contribution >= 4 is 45.3 Å². The zero-order valence-electron chi connectivity index (χ0n) is 13.3. The van der Waals surface area contributed by atoms with E-state index in [9.17, 15) is 19.5 Å². The Morgan fingerprint density at radius 1 is 1.20 bits per heavy atom. The summed E-state index contributed by atoms with van der Waals surface area (Å²) in [7, 11) is 0. The third-order valence-corrected chi connectivity index (χ3v) is 4.79. The summed E-state index contributed by atoms with van der Waals surface area (Å²) in [5.74, 6) is -3.09. The molecule has 25 heavy (non-hydrogen) atoms. The van der Waals surface area contributed by atoms with E-state index >= 15 is 0 Å². The maximum atomic E-state index is 12.1. The van der Waals surface area contributed by atoms with E-state index in [0.717, 1.165) is 17.3 Å². The Morgan fingerprint density at radius 3 is 2.52 bits per heavy atom. The molecule has 0 bridgehead atoms. The lowest BCUT2D eigenvalue weighted by Crippen LogP contribution is -2.49. The molecule has 3 N–H and O–H groups in total. The van der Waals surface area contributed by atoms with Crippen LogP contribution < -0.4 is 15.6 Å². The van der Waals surface area contributed by atoms with E-state index in [1.165, 1.54) is 0 Å². The molecule has 1 fully saturated rings. The Balaban J connectivity index is 1.80. The molecule has 0 aromatic heterocycles. The number of aliphatic carboxylic acids is 1. The van der Waals surface area contributed by atoms with Crippen molar-refractivity contribution in [1.82, 2.24) is 10.9 Å². The number of hydrazine groups is 1. The predicted octanol–water partition coefficient (Wildman–Crippen LogP) is 2.52. The molecule has 1 aliphatic carbocycles. The molecule has 9 heteroatoms. The zero-order valence-corrected chi connectivity index (χ0v) is 15.6. The Hall–Kier alpha value is -1.80. The van der Waals surface area contributed by atoms with E-state index < -0.39 is 29.6 Å². The summed E-state index contributed by atoms with van der Waals surface area (Å²) in [5.41, 5.74) is 4.51. The Bertz CT molecular complexity index is 670. The van der Waals surface area contributed by atoms with Crippen molar-refractivity contribution in [1.29, 1.82) is 0 Å². The maximum Gasteiger partial charge on any atom is 0.307 e. The predicted molar refractivity (Wildman–Crippen MR) is 94.0 cm³/mol. The van der Waals surface area contributed by atoms with E-state index in [4.69, 9.17) is 16.3 Å². The number of carboxylic acids is 1. The fourth-order valence-electron chi connectivity index (χ4n) is 2.74. The summed E-state index contributed by atoms with van der Waals surface area (Å²) in [6.07, 6.45) is 2.53. The van der Waals surface area contributed by atoms with Crippen molar-refractivity contribution in [2.45, 2.75) is 25.7 Å². The number of hydrogen-bond acceptors (Lipinski definition) is 4. The molecule has 2 rings (SSSR count). The third-order valence-electron chi connectivity index (χ3n) is 4.00. The van der Waals surface area contributed by atoms with Crippen LogP contribution in [-0.4, -0.2) is 29.5 Å². The van der Waals surface area contributed by atoms with Gasteiger partial charge in [-0.2, -0.15) is 0 Å². The first kappa shape index (κ1) is 19.5. The van der Waals surface area contributed by atoms with E-state index in [0.29, 0.717) is 23.6 Å². The van der Waals surface area contributed by atoms with E-state index in [-0.39, 0.29) is 6.61 Å². The molecule has 2 atom stereocenters. The first-order valence-electron chi connectivity index (χ1n) is 7.78. The van der Waals surface area contributed by atoms with Gasteiger partial charge in [-0.1, -0.05) is 40.4 Å². The van der Waals surface area contributed by atoms with Crippen LogP contribution in [0.25, 0.3) is 0 Å². The summed E-state index contributed by atoms with van der Waals surface area (Å²) in [5, 5.41) is 9.53. The molecule has 0 unspecified atom stereocenters. The number of benzene rings is 1. The van der Waals surface area contributed by atoms with Crippen LogP contribution in [0, 0.1) is 11.8 Å². The molecular weight excluding hydrogens is 416 g/mol. The van der Waals surface area contributed by atoms with Gasteiger partial charge in [-0.25, -0.2) is 0 Å². The minimum absolute atomic E-state index is 0.338. The average molecular weight is 434 g/mol. The number of rotatable bonds is 5. The molecule has 7 nitrogen and oxygen atoms in total. The second-order valence-electron chi connectivity index (χ2n) is 5.74. The van der Waals surface area contributed by atoms with Gasteiger partial charge >= 0.3 is 5.97 Å². The van der Waals surface area contributed by atoms with Crippen molar-refractivity contribution in [3.63, 3.8) is 0 Å². The van der Waals surface area contributed by atoms with Gasteiger partial charge in [0.25, 0.3) is 5.91 Å². The molecule has 136 valence electrons. The molecular formula is C16H18BrClN2O5. The van der Waals surface area contributed by atoms with Gasteiger partial charge in [0.05, 0.1) is 16.9 Å². The summed E-state index contributed by atoms with van der Waals surface area (Å²) >= 11 is 9.24. The van der Waals surface area contributed by atoms with Gasteiger partial charge in [-0.15, -0.1) is 0 Å². The lowest BCUT2D eigenvalue weighted by atomic mass is 9.79. The zero-order chi connectivity index (χ0) is 18.4. The molecule has 0 aliphatic heterocycles. The number of carbonyl (C=O) groups excluding carboxylic acids is 2. The normalized spacial score (nSPS) is 19.8. The van der Waals surface area contributed by atoms with Gasteiger partial charge in [-0.05, 0) is 31.0 Å². The number of halogens is 2. The van der Waals surface area contributed by atoms with Crippen LogP contribution in [0.5, 0.6) is 5.75 Å². The number of nitrogens with one attached hydrogen (secondary N) is 2. The number of amides is 2. The van der Waals surface area contributed by atoms with Gasteiger partial charge in [0, 0.05) is 4.47 Å². The first-order valence-corrected chi connectivity index (χ1v) is 8.95. The Labute approximate surface area is 158 Å². The quantitative estimate of drug-likeness (QED) is 0.619. The highest BCUT2D eigenvalue weighted by Gasteiger charge is 2.35. The van der Waals surface area contributed by atoms with Gasteiger partial charge < -0.3 is 9.84 Å². The van der Waals surface area contributed by atoms with Crippen LogP contribution in [0.1, 0.15) is 25.7 Å². The molecule has 0 radical (unpaired) electrons. The lowest BCUT2D eigenvalue weighted by Gasteiger charge is -2.27. The highest BCUT2D eigenvalue weighted by molar-refractivity contribution is 9.10. The van der Waals surface area contributed by atoms with Crippen molar-refractivity contribution in [3.05, 3.63) is 27.7 Å². The highest BCUT2D eigenvalue weighted by Crippen LogP contribution is 2.30. The molecule has 1 aromatic carbocycles. The molecule has 1 aromatic rings. The second-order valence-corrected chi connectivity index (χ2v) is 7.06. The monoisotopic (exact) mass is 432 g/mol. The molecule has 2 amide bonds. The molecule has 0 heterocycles. The van der Waals surface area contributed by atoms with E-state index in [2.05, 4.69) is 26.8 Å². The van der Waals surface area contributed by atoms with Crippen molar-refractivity contribution < 1.29 is 24.2 Å². The van der Waals surface area contributed by atoms with Crippen LogP contribution in [0.2, 0.25) is 5.02 Å². The number of carboxylic acid groups (broad SMARTS) is 1. The highest BCUT2D eigenvalue weighted by atomic mass is 79.9. The van der Waals surface area contributed by atoms with Crippen molar-refractivity contribution in [2.24, 2.45) is 11.8 Å². The fraction of sp³-hybridized carbons (Fsp3) is 0.438. The van der Waals surface area contributed by atoms with Crippen LogP contribution in [0.4, 0.5) is 0 Å². The molecule has 0 spiro atoms. The molecule has 0 saturated heterocycles. The summed E-state index contributed by atoms with van der Waals surface area (Å²) in [6.45, 7) is -0.339. The van der Waals surface area contributed by atoms with Gasteiger partial charge in [0.1, 0.15) is 5.75 Å². The maximum absolute atomic E-state index is 12.1. The van der Waals surface area contributed by atoms with Gasteiger partial charge in [0.15, 0.2) is 6.61 Å². The van der Waals surface area contributed by atoms with E-state index in [1.54, 1.807) is 18.2 Å². The minimum Gasteiger partial charge on any atom is -0.482 e. The van der Waals surface area contributed by atoms with Crippen LogP contribution in [0.3, 0.4) is 0 Å². The molecule has 1 saturated carbocycles. The number of hydrogen-bond donors (Lipinski definition) is 3. The second kappa shape index (κ2) is 9.05. The Morgan fingerprint density at radius 2 is 1.88 bits per heavy atom. The van der Waals surface area contributed by atoms with Crippen LogP contribution >= 0.6 is 27.5 Å². The van der Waals surface area contributed by atoms with E-state index in [1.807, 2.05) is 0 Å². The number of carbonyl (C=O) groups is 3. The smallest absolute Gasteiger partial charge is 0.307 e. The molecule has 1 aliphatic rings. The lowest BCUT2D eigenvalue weighted by molar-refractivity contribution is -0.149. The topological polar surface area (TPSA) is 105 Å². The average Bonchev–Trinajstić information content (AvgIpc) is 2.58. The van der Waals surface area contributed by atoms with Crippen LogP contribution in [-0.2, 0) is 14.4 Å². The number of ether oxygens (including phenoxy) is 1. The Kier molecular flexibility index (Phi) is 7.07. The van der Waals surface area contributed by atoms with Crippen molar-refractivity contribution in [2.75, 3.05) is 6.61 Å². The fourth-order valence-corrected chi connectivity index (χ4v) is 3.46. The van der Waals surface area contributed by atoms with Gasteiger partial charge in [-0.3, -0.25) is 25.2 Å². The SMILES string of the molecule is O=C(COc1ccc(Br)cc1Cl)NNC(=O)[C@@H]1CCCC[C@@H]1C(=O)O. The minimum atomic E-state index is -0.987.